The van der Waals surface area contributed by atoms with Crippen LogP contribution in [0.2, 0.25) is 0 Å². The zero-order valence-corrected chi connectivity index (χ0v) is 10.1. The molecule has 0 bridgehead atoms. The molecular weight excluding hydrogens is 227 g/mol. The molecule has 0 aliphatic heterocycles. The maximum absolute atomic E-state index is 12.0. The van der Waals surface area contributed by atoms with Crippen molar-refractivity contribution in [2.45, 2.75) is 26.1 Å². The van der Waals surface area contributed by atoms with Gasteiger partial charge in [-0.3, -0.25) is 13.6 Å². The summed E-state index contributed by atoms with van der Waals surface area (Å²) in [6, 6.07) is 0. The van der Waals surface area contributed by atoms with Crippen molar-refractivity contribution in [2.75, 3.05) is 6.61 Å². The van der Waals surface area contributed by atoms with Crippen molar-refractivity contribution in [2.24, 2.45) is 0 Å². The van der Waals surface area contributed by atoms with Crippen LogP contribution in [-0.4, -0.2) is 18.8 Å². The van der Waals surface area contributed by atoms with Gasteiger partial charge in [-0.1, -0.05) is 17.8 Å². The minimum atomic E-state index is -3.81. The fourth-order valence-electron chi connectivity index (χ4n) is 0.650. The average Bonchev–Trinajstić information content (AvgIpc) is 2.25. The molecule has 4 nitrogen and oxygen atoms in total. The van der Waals surface area contributed by atoms with E-state index in [4.69, 9.17) is 32.8 Å². The highest BCUT2D eigenvalue weighted by Crippen LogP contribution is 2.51. The van der Waals surface area contributed by atoms with Crippen LogP contribution >= 0.6 is 7.82 Å². The number of hydrogen-bond acceptors (Lipinski definition) is 4. The molecule has 86 valence electrons. The normalized spacial score (nSPS) is 17.2. The molecule has 0 saturated carbocycles. The fourth-order valence-corrected chi connectivity index (χ4v) is 1.95. The monoisotopic (exact) mass is 240 g/mol. The third-order valence-corrected chi connectivity index (χ3v) is 2.94. The van der Waals surface area contributed by atoms with E-state index in [9.17, 15) is 4.57 Å². The van der Waals surface area contributed by atoms with E-state index in [1.807, 2.05) is 0 Å². The quantitative estimate of drug-likeness (QED) is 0.524. The van der Waals surface area contributed by atoms with E-state index in [0.717, 1.165) is 0 Å². The number of rotatable bonds is 6. The average molecular weight is 240 g/mol. The summed E-state index contributed by atoms with van der Waals surface area (Å²) in [4.78, 5) is 0. The van der Waals surface area contributed by atoms with Crippen LogP contribution in [0.1, 0.15) is 13.8 Å². The predicted molar refractivity (Wildman–Crippen MR) is 61.2 cm³/mol. The van der Waals surface area contributed by atoms with Gasteiger partial charge in [0.05, 0.1) is 0 Å². The SMILES string of the molecule is C#CCOP(=O)(OC(C)C#C)OC(C)C#C. The Morgan fingerprint density at radius 2 is 1.56 bits per heavy atom. The van der Waals surface area contributed by atoms with Crippen LogP contribution in [0.25, 0.3) is 0 Å². The number of phosphoric ester groups is 1. The first-order chi connectivity index (χ1) is 7.47. The number of hydrogen-bond donors (Lipinski definition) is 0. The molecule has 0 aromatic carbocycles. The van der Waals surface area contributed by atoms with E-state index in [1.165, 1.54) is 13.8 Å². The zero-order valence-electron chi connectivity index (χ0n) is 9.17. The molecule has 0 N–H and O–H groups in total. The van der Waals surface area contributed by atoms with Crippen molar-refractivity contribution < 1.29 is 18.1 Å². The Morgan fingerprint density at radius 3 is 1.88 bits per heavy atom. The summed E-state index contributed by atoms with van der Waals surface area (Å²) in [6.45, 7) is 2.83. The highest BCUT2D eigenvalue weighted by atomic mass is 31.2. The molecule has 2 atom stereocenters. The largest absolute Gasteiger partial charge is 0.478 e. The van der Waals surface area contributed by atoms with Crippen LogP contribution in [0.15, 0.2) is 0 Å². The molecule has 0 fully saturated rings. The molecule has 5 heteroatoms. The predicted octanol–water partition coefficient (Wildman–Crippen LogP) is 1.82. The molecule has 0 aliphatic carbocycles. The van der Waals surface area contributed by atoms with Crippen molar-refractivity contribution in [1.29, 1.82) is 0 Å². The smallest absolute Gasteiger partial charge is 0.274 e. The van der Waals surface area contributed by atoms with Gasteiger partial charge >= 0.3 is 7.82 Å². The molecule has 2 unspecified atom stereocenters. The van der Waals surface area contributed by atoms with E-state index < -0.39 is 20.0 Å². The molecule has 0 aromatic rings. The van der Waals surface area contributed by atoms with E-state index in [2.05, 4.69) is 17.8 Å². The first-order valence-electron chi connectivity index (χ1n) is 4.44. The second-order valence-electron chi connectivity index (χ2n) is 2.75. The molecule has 16 heavy (non-hydrogen) atoms. The summed E-state index contributed by atoms with van der Waals surface area (Å²) in [6.07, 6.45) is 13.7. The highest BCUT2D eigenvalue weighted by molar-refractivity contribution is 7.48. The minimum absolute atomic E-state index is 0.216. The molecule has 0 aromatic heterocycles. The number of terminal acetylenes is 3. The standard InChI is InChI=1S/C11H13O4P/c1-6-9-13-16(12,14-10(4)7-2)15-11(5)8-3/h1-3,10-11H,9H2,4-5H3. The van der Waals surface area contributed by atoms with E-state index >= 15 is 0 Å². The van der Waals surface area contributed by atoms with Gasteiger partial charge in [-0.2, -0.15) is 0 Å². The Labute approximate surface area is 96.3 Å². The van der Waals surface area contributed by atoms with Gasteiger partial charge in [0, 0.05) is 0 Å². The summed E-state index contributed by atoms with van der Waals surface area (Å²) in [7, 11) is -3.81. The van der Waals surface area contributed by atoms with Crippen LogP contribution in [0.5, 0.6) is 0 Å². The van der Waals surface area contributed by atoms with E-state index in [0.29, 0.717) is 0 Å². The van der Waals surface area contributed by atoms with Gasteiger partial charge in [-0.05, 0) is 13.8 Å². The Kier molecular flexibility index (Phi) is 6.59. The van der Waals surface area contributed by atoms with Crippen LogP contribution in [0, 0.1) is 37.0 Å². The highest BCUT2D eigenvalue weighted by Gasteiger charge is 2.30. The lowest BCUT2D eigenvalue weighted by Gasteiger charge is -2.19. The first kappa shape index (κ1) is 14.8. The topological polar surface area (TPSA) is 44.8 Å². The first-order valence-corrected chi connectivity index (χ1v) is 5.90. The van der Waals surface area contributed by atoms with E-state index in [1.54, 1.807) is 0 Å². The summed E-state index contributed by atoms with van der Waals surface area (Å²) >= 11 is 0. The lowest BCUT2D eigenvalue weighted by atomic mass is 10.4. The van der Waals surface area contributed by atoms with Crippen molar-refractivity contribution in [3.63, 3.8) is 0 Å². The molecule has 0 saturated heterocycles. The number of phosphoric acid groups is 1. The lowest BCUT2D eigenvalue weighted by Crippen LogP contribution is -2.12. The maximum atomic E-state index is 12.0. The van der Waals surface area contributed by atoms with Crippen LogP contribution < -0.4 is 0 Å². The van der Waals surface area contributed by atoms with E-state index in [-0.39, 0.29) is 6.61 Å². The van der Waals surface area contributed by atoms with Gasteiger partial charge in [0.25, 0.3) is 0 Å². The van der Waals surface area contributed by atoms with Crippen molar-refractivity contribution in [3.8, 4) is 37.0 Å². The van der Waals surface area contributed by atoms with Crippen molar-refractivity contribution in [3.05, 3.63) is 0 Å². The van der Waals surface area contributed by atoms with Crippen molar-refractivity contribution in [1.82, 2.24) is 0 Å². The molecule has 0 rings (SSSR count). The molecule has 0 amide bonds. The van der Waals surface area contributed by atoms with Gasteiger partial charge in [-0.15, -0.1) is 19.3 Å². The Hall–Kier alpha value is -1.21. The van der Waals surface area contributed by atoms with Gasteiger partial charge in [0.2, 0.25) is 0 Å². The zero-order chi connectivity index (χ0) is 12.6. The van der Waals surface area contributed by atoms with Crippen LogP contribution in [-0.2, 0) is 18.1 Å². The van der Waals surface area contributed by atoms with Gasteiger partial charge in [0.15, 0.2) is 0 Å². The summed E-state index contributed by atoms with van der Waals surface area (Å²) in [5, 5.41) is 0. The third kappa shape index (κ3) is 5.62. The summed E-state index contributed by atoms with van der Waals surface area (Å²) in [5.41, 5.74) is 0. The molecule has 0 aliphatic rings. The molecule has 0 heterocycles. The molecule has 0 spiro atoms. The fraction of sp³-hybridized carbons (Fsp3) is 0.455. The lowest BCUT2D eigenvalue weighted by molar-refractivity contribution is 0.0992. The Bertz CT molecular complexity index is 356. The van der Waals surface area contributed by atoms with Crippen LogP contribution in [0.4, 0.5) is 0 Å². The molecule has 0 radical (unpaired) electrons. The van der Waals surface area contributed by atoms with Gasteiger partial charge in [-0.25, -0.2) is 4.57 Å². The summed E-state index contributed by atoms with van der Waals surface area (Å²) in [5.74, 6) is 6.61. The van der Waals surface area contributed by atoms with Gasteiger partial charge in [0.1, 0.15) is 18.8 Å². The second kappa shape index (κ2) is 7.13. The third-order valence-electron chi connectivity index (χ3n) is 1.35. The maximum Gasteiger partial charge on any atom is 0.478 e. The Balaban J connectivity index is 4.64. The molecular formula is C11H13O4P. The summed E-state index contributed by atoms with van der Waals surface area (Å²) < 4.78 is 26.7. The van der Waals surface area contributed by atoms with Gasteiger partial charge < -0.3 is 0 Å². The van der Waals surface area contributed by atoms with Crippen LogP contribution in [0.3, 0.4) is 0 Å². The van der Waals surface area contributed by atoms with Crippen molar-refractivity contribution >= 4 is 7.82 Å². The second-order valence-corrected chi connectivity index (χ2v) is 4.33. The minimum Gasteiger partial charge on any atom is -0.274 e. The Morgan fingerprint density at radius 1 is 1.12 bits per heavy atom.